The Morgan fingerprint density at radius 2 is 1.67 bits per heavy atom. The minimum Gasteiger partial charge on any atom is -0.327 e. The third-order valence-corrected chi connectivity index (χ3v) is 4.63. The van der Waals surface area contributed by atoms with Crippen molar-refractivity contribution in [2.45, 2.75) is 9.79 Å². The van der Waals surface area contributed by atoms with Gasteiger partial charge in [-0.25, -0.2) is 8.42 Å². The summed E-state index contributed by atoms with van der Waals surface area (Å²) in [4.78, 5) is 12.0. The number of anilines is 1. The molecule has 1 aromatic heterocycles. The maximum absolute atomic E-state index is 12.9. The van der Waals surface area contributed by atoms with Crippen molar-refractivity contribution in [3.8, 4) is 0 Å². The molecule has 0 saturated carbocycles. The first-order valence-corrected chi connectivity index (χ1v) is 8.31. The van der Waals surface area contributed by atoms with Gasteiger partial charge in [-0.15, -0.1) is 3.89 Å². The van der Waals surface area contributed by atoms with Crippen LogP contribution in [0, 0.1) is 0 Å². The summed E-state index contributed by atoms with van der Waals surface area (Å²) >= 11 is 0. The first-order chi connectivity index (χ1) is 9.68. The molecule has 0 radical (unpaired) electrons. The van der Waals surface area contributed by atoms with Gasteiger partial charge in [0, 0.05) is 12.3 Å². The first kappa shape index (κ1) is 15.2. The smallest absolute Gasteiger partial charge is 0.327 e. The van der Waals surface area contributed by atoms with Crippen LogP contribution in [0.5, 0.6) is 0 Å². The van der Waals surface area contributed by atoms with Gasteiger partial charge in [-0.2, -0.15) is 8.42 Å². The Morgan fingerprint density at radius 1 is 1.00 bits per heavy atom. The highest BCUT2D eigenvalue weighted by Crippen LogP contribution is 2.19. The number of benzene rings is 1. The number of pyridine rings is 1. The van der Waals surface area contributed by atoms with Crippen molar-refractivity contribution in [3.63, 3.8) is 0 Å². The molecular formula is C11H9FN2O5S2. The van der Waals surface area contributed by atoms with Gasteiger partial charge in [-0.05, 0) is 24.3 Å². The van der Waals surface area contributed by atoms with E-state index in [1.165, 1.54) is 6.07 Å². The zero-order valence-corrected chi connectivity index (χ0v) is 11.9. The van der Waals surface area contributed by atoms with Crippen molar-refractivity contribution in [1.82, 2.24) is 4.98 Å². The Bertz CT molecular complexity index is 915. The van der Waals surface area contributed by atoms with Gasteiger partial charge >= 0.3 is 10.2 Å². The normalized spacial score (nSPS) is 12.0. The third-order valence-electron chi connectivity index (χ3n) is 2.43. The molecule has 0 atom stereocenters. The van der Waals surface area contributed by atoms with E-state index in [-0.39, 0.29) is 5.69 Å². The highest BCUT2D eigenvalue weighted by atomic mass is 32.3. The molecule has 0 aliphatic rings. The molecule has 0 aliphatic carbocycles. The number of nitrogens with one attached hydrogen (secondary N) is 2. The number of H-pyrrole nitrogens is 1. The lowest BCUT2D eigenvalue weighted by Gasteiger charge is -2.08. The number of aromatic nitrogens is 1. The van der Waals surface area contributed by atoms with Crippen molar-refractivity contribution in [2.24, 2.45) is 0 Å². The van der Waals surface area contributed by atoms with E-state index in [2.05, 4.69) is 9.71 Å². The van der Waals surface area contributed by atoms with Crippen molar-refractivity contribution in [1.29, 1.82) is 0 Å². The molecule has 0 saturated heterocycles. The summed E-state index contributed by atoms with van der Waals surface area (Å²) in [7, 11) is -9.12. The molecule has 1 aromatic carbocycles. The maximum Gasteiger partial charge on any atom is 0.332 e. The fourth-order valence-electron chi connectivity index (χ4n) is 1.48. The van der Waals surface area contributed by atoms with E-state index in [1.807, 2.05) is 0 Å². The second-order valence-corrected chi connectivity index (χ2v) is 6.99. The van der Waals surface area contributed by atoms with E-state index in [9.17, 15) is 25.5 Å². The number of hydrogen-bond acceptors (Lipinski definition) is 5. The van der Waals surface area contributed by atoms with Crippen molar-refractivity contribution >= 4 is 25.9 Å². The molecular weight excluding hydrogens is 323 g/mol. The van der Waals surface area contributed by atoms with Crippen LogP contribution in [0.15, 0.2) is 57.2 Å². The SMILES string of the molecule is O=c1ccc(NS(=O)(=O)c2cccc(S(=O)(=O)F)c2)c[nH]1. The molecule has 0 amide bonds. The molecule has 112 valence electrons. The molecule has 2 rings (SSSR count). The fourth-order valence-corrected chi connectivity index (χ4v) is 3.16. The van der Waals surface area contributed by atoms with Crippen LogP contribution >= 0.6 is 0 Å². The summed E-state index contributed by atoms with van der Waals surface area (Å²) in [5, 5.41) is 0. The van der Waals surface area contributed by atoms with E-state index in [0.717, 1.165) is 30.5 Å². The molecule has 0 fully saturated rings. The number of halogens is 1. The monoisotopic (exact) mass is 332 g/mol. The van der Waals surface area contributed by atoms with Crippen LogP contribution in [0.25, 0.3) is 0 Å². The summed E-state index contributed by atoms with van der Waals surface area (Å²) in [5.41, 5.74) is -0.341. The summed E-state index contributed by atoms with van der Waals surface area (Å²) in [6.45, 7) is 0. The number of rotatable bonds is 4. The van der Waals surface area contributed by atoms with Crippen LogP contribution in [0.1, 0.15) is 0 Å². The van der Waals surface area contributed by atoms with Gasteiger partial charge in [0.1, 0.15) is 0 Å². The van der Waals surface area contributed by atoms with Crippen LogP contribution in [0.3, 0.4) is 0 Å². The molecule has 2 N–H and O–H groups in total. The Labute approximate surface area is 119 Å². The molecule has 21 heavy (non-hydrogen) atoms. The van der Waals surface area contributed by atoms with Gasteiger partial charge in [0.05, 0.1) is 15.5 Å². The van der Waals surface area contributed by atoms with E-state index < -0.39 is 35.6 Å². The summed E-state index contributed by atoms with van der Waals surface area (Å²) in [6.07, 6.45) is 1.13. The second kappa shape index (κ2) is 5.30. The minimum atomic E-state index is -5.00. The van der Waals surface area contributed by atoms with Gasteiger partial charge in [0.25, 0.3) is 10.0 Å². The summed E-state index contributed by atoms with van der Waals surface area (Å²) in [6, 6.07) is 6.20. The predicted molar refractivity (Wildman–Crippen MR) is 72.6 cm³/mol. The lowest BCUT2D eigenvalue weighted by molar-refractivity contribution is 0.552. The average molecular weight is 332 g/mol. The van der Waals surface area contributed by atoms with Gasteiger partial charge < -0.3 is 4.98 Å². The lowest BCUT2D eigenvalue weighted by atomic mass is 10.4. The van der Waals surface area contributed by atoms with Crippen molar-refractivity contribution in [2.75, 3.05) is 4.72 Å². The quantitative estimate of drug-likeness (QED) is 0.805. The van der Waals surface area contributed by atoms with Gasteiger partial charge in [0.2, 0.25) is 5.56 Å². The van der Waals surface area contributed by atoms with Gasteiger partial charge in [0.15, 0.2) is 0 Å². The maximum atomic E-state index is 12.9. The van der Waals surface area contributed by atoms with Gasteiger partial charge in [-0.3, -0.25) is 9.52 Å². The van der Waals surface area contributed by atoms with Gasteiger partial charge in [-0.1, -0.05) is 6.07 Å². The Kier molecular flexibility index (Phi) is 3.83. The average Bonchev–Trinajstić information content (AvgIpc) is 2.40. The molecule has 2 aromatic rings. The van der Waals surface area contributed by atoms with E-state index in [0.29, 0.717) is 6.07 Å². The highest BCUT2D eigenvalue weighted by Gasteiger charge is 2.19. The Hall–Kier alpha value is -2.20. The molecule has 10 heteroatoms. The highest BCUT2D eigenvalue weighted by molar-refractivity contribution is 7.92. The summed E-state index contributed by atoms with van der Waals surface area (Å²) < 4.78 is 60.7. The largest absolute Gasteiger partial charge is 0.332 e. The van der Waals surface area contributed by atoms with Crippen molar-refractivity contribution < 1.29 is 20.7 Å². The van der Waals surface area contributed by atoms with Crippen LogP contribution < -0.4 is 10.3 Å². The first-order valence-electron chi connectivity index (χ1n) is 5.45. The van der Waals surface area contributed by atoms with E-state index in [1.54, 1.807) is 0 Å². The second-order valence-electron chi connectivity index (χ2n) is 3.96. The molecule has 0 unspecified atom stereocenters. The molecule has 0 bridgehead atoms. The Morgan fingerprint density at radius 3 is 2.24 bits per heavy atom. The minimum absolute atomic E-state index is 0.0723. The third kappa shape index (κ3) is 3.67. The van der Waals surface area contributed by atoms with Crippen LogP contribution in [0.2, 0.25) is 0 Å². The van der Waals surface area contributed by atoms with E-state index >= 15 is 0 Å². The number of aromatic amines is 1. The zero-order chi connectivity index (χ0) is 15.7. The lowest BCUT2D eigenvalue weighted by Crippen LogP contribution is -2.14. The van der Waals surface area contributed by atoms with Crippen LogP contribution in [-0.2, 0) is 20.2 Å². The van der Waals surface area contributed by atoms with Crippen LogP contribution in [-0.4, -0.2) is 21.8 Å². The summed E-state index contributed by atoms with van der Waals surface area (Å²) in [5.74, 6) is 0. The van der Waals surface area contributed by atoms with E-state index in [4.69, 9.17) is 0 Å². The number of sulfonamides is 1. The van der Waals surface area contributed by atoms with Crippen molar-refractivity contribution in [3.05, 3.63) is 52.9 Å². The predicted octanol–water partition coefficient (Wildman–Crippen LogP) is 0.834. The number of hydrogen-bond donors (Lipinski definition) is 2. The zero-order valence-electron chi connectivity index (χ0n) is 10.3. The standard InChI is InChI=1S/C11H9FN2O5S2/c12-20(16,17)9-2-1-3-10(6-9)21(18,19)14-8-4-5-11(15)13-7-8/h1-7,14H,(H,13,15). The fraction of sp³-hybridized carbons (Fsp3) is 0. The Balaban J connectivity index is 2.40. The molecule has 0 aliphatic heterocycles. The molecule has 1 heterocycles. The molecule has 0 spiro atoms. The topological polar surface area (TPSA) is 113 Å². The molecule has 7 nitrogen and oxygen atoms in total. The van der Waals surface area contributed by atoms with Crippen LogP contribution in [0.4, 0.5) is 9.57 Å².